The van der Waals surface area contributed by atoms with Crippen molar-refractivity contribution in [1.82, 2.24) is 4.31 Å². The Morgan fingerprint density at radius 2 is 2.31 bits per heavy atom. The van der Waals surface area contributed by atoms with E-state index in [0.717, 1.165) is 18.5 Å². The summed E-state index contributed by atoms with van der Waals surface area (Å²) in [7, 11) is 1.89. The van der Waals surface area contributed by atoms with Crippen LogP contribution in [-0.2, 0) is 6.42 Å². The van der Waals surface area contributed by atoms with Crippen LogP contribution in [0.4, 0.5) is 5.69 Å². The zero-order chi connectivity index (χ0) is 9.68. The summed E-state index contributed by atoms with van der Waals surface area (Å²) in [5.74, 6) is 0. The van der Waals surface area contributed by atoms with E-state index in [1.54, 1.807) is 16.4 Å². The van der Waals surface area contributed by atoms with Crippen LogP contribution in [0.15, 0.2) is 29.4 Å². The molecule has 0 spiro atoms. The van der Waals surface area contributed by atoms with Gasteiger partial charge in [-0.2, -0.15) is 0 Å². The standard InChI is InChI=1S/C9H12N2OS/c1-11(13)6-5-8-3-2-4-9(7-8)10-12/h2-4,7,13H,5-6H2,1H3. The first-order valence-corrected chi connectivity index (χ1v) is 4.44. The maximum atomic E-state index is 10.2. The number of nitrogens with zero attached hydrogens (tertiary/aromatic N) is 2. The Hall–Kier alpha value is -0.870. The number of thiol groups is 1. The summed E-state index contributed by atoms with van der Waals surface area (Å²) in [6.07, 6.45) is 0.878. The molecule has 1 rings (SSSR count). The average molecular weight is 196 g/mol. The molecular weight excluding hydrogens is 184 g/mol. The van der Waals surface area contributed by atoms with E-state index >= 15 is 0 Å². The molecule has 0 saturated heterocycles. The van der Waals surface area contributed by atoms with Crippen molar-refractivity contribution in [2.75, 3.05) is 13.6 Å². The number of hydrogen-bond donors (Lipinski definition) is 1. The van der Waals surface area contributed by atoms with Crippen molar-refractivity contribution in [3.63, 3.8) is 0 Å². The van der Waals surface area contributed by atoms with E-state index in [0.29, 0.717) is 5.69 Å². The van der Waals surface area contributed by atoms with Gasteiger partial charge in [0, 0.05) is 6.54 Å². The second kappa shape index (κ2) is 4.99. The summed E-state index contributed by atoms with van der Waals surface area (Å²) in [6, 6.07) is 7.31. The minimum atomic E-state index is 0.485. The van der Waals surface area contributed by atoms with Crippen LogP contribution in [0.1, 0.15) is 5.56 Å². The fourth-order valence-corrected chi connectivity index (χ4v) is 1.16. The van der Waals surface area contributed by atoms with Gasteiger partial charge in [-0.25, -0.2) is 0 Å². The fourth-order valence-electron chi connectivity index (χ4n) is 1.06. The third-order valence-electron chi connectivity index (χ3n) is 1.74. The highest BCUT2D eigenvalue weighted by Gasteiger charge is 1.97. The predicted molar refractivity (Wildman–Crippen MR) is 57.2 cm³/mol. The predicted octanol–water partition coefficient (Wildman–Crippen LogP) is 2.40. The highest BCUT2D eigenvalue weighted by molar-refractivity contribution is 7.77. The first kappa shape index (κ1) is 10.2. The van der Waals surface area contributed by atoms with Gasteiger partial charge in [-0.1, -0.05) is 24.9 Å². The summed E-state index contributed by atoms with van der Waals surface area (Å²) in [5.41, 5.74) is 1.59. The van der Waals surface area contributed by atoms with E-state index in [1.807, 2.05) is 19.2 Å². The van der Waals surface area contributed by atoms with Crippen molar-refractivity contribution in [1.29, 1.82) is 0 Å². The van der Waals surface area contributed by atoms with E-state index in [-0.39, 0.29) is 0 Å². The normalized spacial score (nSPS) is 10.4. The Bertz CT molecular complexity index is 289. The molecule has 1 aromatic rings. The molecule has 1 aromatic carbocycles. The molecule has 0 N–H and O–H groups in total. The first-order valence-electron chi connectivity index (χ1n) is 4.04. The maximum Gasteiger partial charge on any atom is 0.108 e. The van der Waals surface area contributed by atoms with E-state index in [9.17, 15) is 4.91 Å². The molecular formula is C9H12N2OS. The van der Waals surface area contributed by atoms with Crippen LogP contribution >= 0.6 is 12.8 Å². The molecule has 0 atom stereocenters. The highest BCUT2D eigenvalue weighted by atomic mass is 32.1. The lowest BCUT2D eigenvalue weighted by Gasteiger charge is -2.07. The largest absolute Gasteiger partial charge is 0.256 e. The molecule has 0 fully saturated rings. The van der Waals surface area contributed by atoms with Gasteiger partial charge >= 0.3 is 0 Å². The third kappa shape index (κ3) is 3.57. The molecule has 0 amide bonds. The molecule has 0 aromatic heterocycles. The Labute approximate surface area is 83.3 Å². The molecule has 0 heterocycles. The Morgan fingerprint density at radius 3 is 2.92 bits per heavy atom. The number of nitroso groups, excluding NO2 is 1. The second-order valence-corrected chi connectivity index (χ2v) is 3.58. The molecule has 0 unspecified atom stereocenters. The van der Waals surface area contributed by atoms with Gasteiger partial charge in [-0.3, -0.25) is 4.31 Å². The average Bonchev–Trinajstić information content (AvgIpc) is 2.15. The summed E-state index contributed by atoms with van der Waals surface area (Å²) >= 11 is 4.13. The summed E-state index contributed by atoms with van der Waals surface area (Å²) in [6.45, 7) is 0.853. The lowest BCUT2D eigenvalue weighted by molar-refractivity contribution is 0.576. The number of hydrogen-bond acceptors (Lipinski definition) is 4. The molecule has 0 radical (unpaired) electrons. The van der Waals surface area contributed by atoms with Crippen LogP contribution in [0.5, 0.6) is 0 Å². The third-order valence-corrected chi connectivity index (χ3v) is 1.94. The molecule has 70 valence electrons. The van der Waals surface area contributed by atoms with Gasteiger partial charge in [0.15, 0.2) is 0 Å². The quantitative estimate of drug-likeness (QED) is 0.592. The van der Waals surface area contributed by atoms with Crippen LogP contribution in [0.2, 0.25) is 0 Å². The van der Waals surface area contributed by atoms with E-state index in [4.69, 9.17) is 0 Å². The molecule has 0 aliphatic heterocycles. The molecule has 0 saturated carbocycles. The van der Waals surface area contributed by atoms with Crippen molar-refractivity contribution in [3.8, 4) is 0 Å². The topological polar surface area (TPSA) is 32.7 Å². The van der Waals surface area contributed by atoms with Crippen molar-refractivity contribution < 1.29 is 0 Å². The summed E-state index contributed by atoms with van der Waals surface area (Å²) in [4.78, 5) is 10.2. The zero-order valence-electron chi connectivity index (χ0n) is 7.47. The molecule has 4 heteroatoms. The van der Waals surface area contributed by atoms with Gasteiger partial charge in [-0.15, -0.1) is 4.91 Å². The number of likely N-dealkylation sites (N-methyl/N-ethyl adjacent to an activating group) is 1. The smallest absolute Gasteiger partial charge is 0.108 e. The van der Waals surface area contributed by atoms with Crippen LogP contribution in [0, 0.1) is 4.91 Å². The van der Waals surface area contributed by atoms with Gasteiger partial charge < -0.3 is 0 Å². The first-order chi connectivity index (χ1) is 6.22. The van der Waals surface area contributed by atoms with Gasteiger partial charge in [0.05, 0.1) is 0 Å². The summed E-state index contributed by atoms with van der Waals surface area (Å²) in [5, 5.41) is 2.88. The second-order valence-electron chi connectivity index (χ2n) is 2.89. The van der Waals surface area contributed by atoms with Crippen LogP contribution < -0.4 is 0 Å². The molecule has 0 aliphatic rings. The van der Waals surface area contributed by atoms with Gasteiger partial charge in [0.1, 0.15) is 5.69 Å². The van der Waals surface area contributed by atoms with E-state index in [1.165, 1.54) is 0 Å². The molecule has 0 bridgehead atoms. The molecule has 3 nitrogen and oxygen atoms in total. The fraction of sp³-hybridized carbons (Fsp3) is 0.333. The highest BCUT2D eigenvalue weighted by Crippen LogP contribution is 2.13. The number of benzene rings is 1. The lowest BCUT2D eigenvalue weighted by atomic mass is 10.1. The van der Waals surface area contributed by atoms with E-state index in [2.05, 4.69) is 18.0 Å². The Kier molecular flexibility index (Phi) is 3.92. The monoisotopic (exact) mass is 196 g/mol. The van der Waals surface area contributed by atoms with Crippen molar-refractivity contribution >= 4 is 18.5 Å². The zero-order valence-corrected chi connectivity index (χ0v) is 8.37. The van der Waals surface area contributed by atoms with Crippen molar-refractivity contribution in [3.05, 3.63) is 34.7 Å². The van der Waals surface area contributed by atoms with Crippen LogP contribution in [-0.4, -0.2) is 17.9 Å². The van der Waals surface area contributed by atoms with Crippen molar-refractivity contribution in [2.45, 2.75) is 6.42 Å². The van der Waals surface area contributed by atoms with Gasteiger partial charge in [-0.05, 0) is 36.3 Å². The van der Waals surface area contributed by atoms with E-state index < -0.39 is 0 Å². The van der Waals surface area contributed by atoms with Crippen LogP contribution in [0.25, 0.3) is 0 Å². The lowest BCUT2D eigenvalue weighted by Crippen LogP contribution is -2.09. The SMILES string of the molecule is CN(S)CCc1cccc(N=O)c1. The van der Waals surface area contributed by atoms with Crippen molar-refractivity contribution in [2.24, 2.45) is 5.18 Å². The summed E-state index contributed by atoms with van der Waals surface area (Å²) < 4.78 is 1.81. The maximum absolute atomic E-state index is 10.2. The Morgan fingerprint density at radius 1 is 1.54 bits per heavy atom. The van der Waals surface area contributed by atoms with Gasteiger partial charge in [0.2, 0.25) is 0 Å². The number of rotatable bonds is 4. The Balaban J connectivity index is 2.61. The molecule has 0 aliphatic carbocycles. The van der Waals surface area contributed by atoms with Gasteiger partial charge in [0.25, 0.3) is 0 Å². The minimum Gasteiger partial charge on any atom is -0.256 e. The molecule has 13 heavy (non-hydrogen) atoms. The minimum absolute atomic E-state index is 0.485. The van der Waals surface area contributed by atoms with Crippen LogP contribution in [0.3, 0.4) is 0 Å².